The van der Waals surface area contributed by atoms with Gasteiger partial charge in [-0.15, -0.1) is 11.3 Å². The van der Waals surface area contributed by atoms with E-state index in [1.807, 2.05) is 35.4 Å². The van der Waals surface area contributed by atoms with Crippen molar-refractivity contribution >= 4 is 33.1 Å². The lowest BCUT2D eigenvalue weighted by Crippen LogP contribution is -2.33. The number of benzene rings is 1. The highest BCUT2D eigenvalue weighted by Gasteiger charge is 2.13. The van der Waals surface area contributed by atoms with E-state index in [0.29, 0.717) is 40.6 Å². The number of hydrogen-bond acceptors (Lipinski definition) is 6. The number of aromatic amines is 1. The number of aromatic nitrogens is 2. The van der Waals surface area contributed by atoms with Crippen molar-refractivity contribution in [2.24, 2.45) is 0 Å². The summed E-state index contributed by atoms with van der Waals surface area (Å²) in [5.74, 6) is 1.09. The monoisotopic (exact) mass is 372 g/mol. The summed E-state index contributed by atoms with van der Waals surface area (Å²) < 4.78 is 5.77. The van der Waals surface area contributed by atoms with Crippen molar-refractivity contribution in [3.63, 3.8) is 0 Å². The summed E-state index contributed by atoms with van der Waals surface area (Å²) in [5, 5.41) is 4.70. The van der Waals surface area contributed by atoms with Crippen LogP contribution in [0.5, 0.6) is 5.75 Å². The molecule has 0 bridgehead atoms. The number of likely N-dealkylation sites (N-methyl/N-ethyl adjacent to an activating group) is 1. The number of amides is 1. The molecule has 0 aliphatic carbocycles. The van der Waals surface area contributed by atoms with Gasteiger partial charge in [-0.3, -0.25) is 14.5 Å². The van der Waals surface area contributed by atoms with E-state index in [-0.39, 0.29) is 18.0 Å². The molecule has 1 aromatic carbocycles. The molecule has 0 aliphatic heterocycles. The number of rotatable bonds is 7. The Labute approximate surface area is 154 Å². The molecule has 0 radical (unpaired) electrons. The van der Waals surface area contributed by atoms with Crippen molar-refractivity contribution in [1.29, 1.82) is 0 Å². The smallest absolute Gasteiger partial charge is 0.268 e. The number of H-pyrrole nitrogens is 1. The number of anilines is 1. The first kappa shape index (κ1) is 18.1. The SMILES string of the molecule is CCN(CC(=O)Nc1cccc(OC)c1)Cc1nc2ccsc2c(=O)[nH]1. The molecule has 0 unspecified atom stereocenters. The molecule has 26 heavy (non-hydrogen) atoms. The van der Waals surface area contributed by atoms with Gasteiger partial charge in [0.25, 0.3) is 5.56 Å². The van der Waals surface area contributed by atoms with E-state index in [1.165, 1.54) is 11.3 Å². The van der Waals surface area contributed by atoms with Crippen LogP contribution in [-0.2, 0) is 11.3 Å². The van der Waals surface area contributed by atoms with Crippen LogP contribution in [0, 0.1) is 0 Å². The second kappa shape index (κ2) is 8.11. The second-order valence-corrected chi connectivity index (χ2v) is 6.65. The third-order valence-corrected chi connectivity index (χ3v) is 4.81. The molecule has 2 heterocycles. The fraction of sp³-hybridized carbons (Fsp3) is 0.278. The molecule has 136 valence electrons. The van der Waals surface area contributed by atoms with Crippen molar-refractivity contribution in [1.82, 2.24) is 14.9 Å². The number of fused-ring (bicyclic) bond motifs is 1. The van der Waals surface area contributed by atoms with Crippen LogP contribution in [0.1, 0.15) is 12.7 Å². The van der Waals surface area contributed by atoms with Crippen LogP contribution in [0.3, 0.4) is 0 Å². The van der Waals surface area contributed by atoms with Crippen molar-refractivity contribution < 1.29 is 9.53 Å². The summed E-state index contributed by atoms with van der Waals surface area (Å²) in [6.45, 7) is 3.19. The largest absolute Gasteiger partial charge is 0.497 e. The topological polar surface area (TPSA) is 87.3 Å². The van der Waals surface area contributed by atoms with Gasteiger partial charge >= 0.3 is 0 Å². The highest BCUT2D eigenvalue weighted by atomic mass is 32.1. The fourth-order valence-corrected chi connectivity index (χ4v) is 3.32. The Morgan fingerprint density at radius 1 is 1.38 bits per heavy atom. The second-order valence-electron chi connectivity index (χ2n) is 5.73. The normalized spacial score (nSPS) is 11.0. The molecule has 0 saturated carbocycles. The van der Waals surface area contributed by atoms with Gasteiger partial charge in [0.05, 0.1) is 25.7 Å². The van der Waals surface area contributed by atoms with Gasteiger partial charge in [-0.2, -0.15) is 0 Å². The Hall–Kier alpha value is -2.71. The number of nitrogens with one attached hydrogen (secondary N) is 2. The van der Waals surface area contributed by atoms with Crippen LogP contribution in [0.2, 0.25) is 0 Å². The van der Waals surface area contributed by atoms with E-state index in [1.54, 1.807) is 19.2 Å². The summed E-state index contributed by atoms with van der Waals surface area (Å²) in [7, 11) is 1.58. The van der Waals surface area contributed by atoms with Crippen LogP contribution in [0.4, 0.5) is 5.69 Å². The predicted octanol–water partition coefficient (Wildman–Crippen LogP) is 2.45. The molecule has 7 nitrogen and oxygen atoms in total. The quantitative estimate of drug-likeness (QED) is 0.665. The van der Waals surface area contributed by atoms with Gasteiger partial charge in [0.2, 0.25) is 5.91 Å². The maximum atomic E-state index is 12.3. The maximum absolute atomic E-state index is 12.3. The van der Waals surface area contributed by atoms with Gasteiger partial charge in [-0.25, -0.2) is 4.98 Å². The maximum Gasteiger partial charge on any atom is 0.268 e. The average molecular weight is 372 g/mol. The molecule has 0 fully saturated rings. The van der Waals surface area contributed by atoms with Gasteiger partial charge in [0.1, 0.15) is 16.3 Å². The Morgan fingerprint density at radius 2 is 2.23 bits per heavy atom. The summed E-state index contributed by atoms with van der Waals surface area (Å²) >= 11 is 1.37. The van der Waals surface area contributed by atoms with E-state index in [2.05, 4.69) is 15.3 Å². The van der Waals surface area contributed by atoms with Crippen LogP contribution in [0.25, 0.3) is 10.2 Å². The van der Waals surface area contributed by atoms with Gasteiger partial charge in [0, 0.05) is 11.8 Å². The Balaban J connectivity index is 1.66. The molecule has 0 saturated heterocycles. The van der Waals surface area contributed by atoms with Crippen molar-refractivity contribution in [3.8, 4) is 5.75 Å². The van der Waals surface area contributed by atoms with Gasteiger partial charge in [0.15, 0.2) is 0 Å². The molecule has 8 heteroatoms. The zero-order valence-electron chi connectivity index (χ0n) is 14.6. The first-order valence-electron chi connectivity index (χ1n) is 8.21. The molecule has 1 amide bonds. The number of ether oxygens (including phenoxy) is 1. The van der Waals surface area contributed by atoms with E-state index in [9.17, 15) is 9.59 Å². The van der Waals surface area contributed by atoms with E-state index in [0.717, 1.165) is 0 Å². The third kappa shape index (κ3) is 4.27. The zero-order chi connectivity index (χ0) is 18.5. The lowest BCUT2D eigenvalue weighted by Gasteiger charge is -2.19. The van der Waals surface area contributed by atoms with Gasteiger partial charge in [-0.1, -0.05) is 13.0 Å². The van der Waals surface area contributed by atoms with Crippen LogP contribution >= 0.6 is 11.3 Å². The lowest BCUT2D eigenvalue weighted by molar-refractivity contribution is -0.117. The number of carbonyl (C=O) groups excluding carboxylic acids is 1. The summed E-state index contributed by atoms with van der Waals surface area (Å²) in [6, 6.07) is 9.02. The molecule has 0 aliphatic rings. The first-order valence-corrected chi connectivity index (χ1v) is 9.09. The minimum absolute atomic E-state index is 0.140. The average Bonchev–Trinajstić information content (AvgIpc) is 3.10. The molecule has 2 N–H and O–H groups in total. The van der Waals surface area contributed by atoms with E-state index >= 15 is 0 Å². The zero-order valence-corrected chi connectivity index (χ0v) is 15.4. The highest BCUT2D eigenvalue weighted by molar-refractivity contribution is 7.17. The van der Waals surface area contributed by atoms with Crippen LogP contribution in [-0.4, -0.2) is 41.0 Å². The number of hydrogen-bond donors (Lipinski definition) is 2. The number of nitrogens with zero attached hydrogens (tertiary/aromatic N) is 2. The Morgan fingerprint density at radius 3 is 3.00 bits per heavy atom. The predicted molar refractivity (Wildman–Crippen MR) is 103 cm³/mol. The van der Waals surface area contributed by atoms with E-state index in [4.69, 9.17) is 4.74 Å². The van der Waals surface area contributed by atoms with Gasteiger partial charge in [-0.05, 0) is 30.1 Å². The van der Waals surface area contributed by atoms with Gasteiger partial charge < -0.3 is 15.0 Å². The highest BCUT2D eigenvalue weighted by Crippen LogP contribution is 2.17. The fourth-order valence-electron chi connectivity index (χ4n) is 2.59. The molecular formula is C18H20N4O3S. The molecule has 2 aromatic heterocycles. The Bertz CT molecular complexity index is 966. The Kier molecular flexibility index (Phi) is 5.65. The first-order chi connectivity index (χ1) is 12.6. The third-order valence-electron chi connectivity index (χ3n) is 3.91. The number of thiophene rings is 1. The van der Waals surface area contributed by atoms with Crippen molar-refractivity contribution in [2.75, 3.05) is 25.5 Å². The lowest BCUT2D eigenvalue weighted by atomic mass is 10.3. The van der Waals surface area contributed by atoms with E-state index < -0.39 is 0 Å². The van der Waals surface area contributed by atoms with Crippen LogP contribution in [0.15, 0.2) is 40.5 Å². The summed E-state index contributed by atoms with van der Waals surface area (Å²) in [4.78, 5) is 33.5. The molecule has 3 aromatic rings. The minimum Gasteiger partial charge on any atom is -0.497 e. The van der Waals surface area contributed by atoms with Crippen molar-refractivity contribution in [3.05, 3.63) is 51.9 Å². The standard InChI is InChI=1S/C18H20N4O3S/c1-3-22(10-15-20-14-7-8-26-17(14)18(24)21-15)11-16(23)19-12-5-4-6-13(9-12)25-2/h4-9H,3,10-11H2,1-2H3,(H,19,23)(H,20,21,24). The summed E-state index contributed by atoms with van der Waals surface area (Å²) in [5.41, 5.74) is 1.22. The van der Waals surface area contributed by atoms with Crippen LogP contribution < -0.4 is 15.6 Å². The molecule has 0 spiro atoms. The minimum atomic E-state index is -0.142. The molecular weight excluding hydrogens is 352 g/mol. The molecule has 0 atom stereocenters. The number of methoxy groups -OCH3 is 1. The molecule has 3 rings (SSSR count). The van der Waals surface area contributed by atoms with Crippen molar-refractivity contribution in [2.45, 2.75) is 13.5 Å². The number of carbonyl (C=O) groups is 1. The summed E-state index contributed by atoms with van der Waals surface area (Å²) in [6.07, 6.45) is 0.